The standard InChI is InChI=1S/C12H16FNO4/c1-9(2)8-17-6-7-18-11-5-3-4-10(13)12(11)14(15)16/h3-5,9H,6-8H2,1-2H3. The quantitative estimate of drug-likeness (QED) is 0.428. The van der Waals surface area contributed by atoms with Crippen molar-refractivity contribution in [3.8, 4) is 5.75 Å². The first-order chi connectivity index (χ1) is 8.52. The summed E-state index contributed by atoms with van der Waals surface area (Å²) >= 11 is 0. The van der Waals surface area contributed by atoms with Gasteiger partial charge in [-0.3, -0.25) is 10.1 Å². The van der Waals surface area contributed by atoms with E-state index in [1.54, 1.807) is 0 Å². The summed E-state index contributed by atoms with van der Waals surface area (Å²) in [6.07, 6.45) is 0. The van der Waals surface area contributed by atoms with Gasteiger partial charge in [-0.25, -0.2) is 0 Å². The average molecular weight is 257 g/mol. The Bertz CT molecular complexity index is 409. The predicted molar refractivity (Wildman–Crippen MR) is 64.2 cm³/mol. The minimum absolute atomic E-state index is 0.0758. The fourth-order valence-electron chi connectivity index (χ4n) is 1.32. The number of ether oxygens (including phenoxy) is 2. The van der Waals surface area contributed by atoms with Crippen LogP contribution in [0.3, 0.4) is 0 Å². The number of halogens is 1. The van der Waals surface area contributed by atoms with Gasteiger partial charge in [-0.2, -0.15) is 4.39 Å². The van der Waals surface area contributed by atoms with Crippen molar-refractivity contribution in [1.82, 2.24) is 0 Å². The smallest absolute Gasteiger partial charge is 0.346 e. The molecule has 0 N–H and O–H groups in total. The molecule has 0 atom stereocenters. The zero-order valence-electron chi connectivity index (χ0n) is 10.4. The highest BCUT2D eigenvalue weighted by Gasteiger charge is 2.20. The van der Waals surface area contributed by atoms with Crippen molar-refractivity contribution in [3.63, 3.8) is 0 Å². The second kappa shape index (κ2) is 6.90. The number of nitro benzene ring substituents is 1. The van der Waals surface area contributed by atoms with Crippen molar-refractivity contribution >= 4 is 5.69 Å². The normalized spacial score (nSPS) is 10.7. The Hall–Kier alpha value is -1.69. The first-order valence-corrected chi connectivity index (χ1v) is 5.65. The second-order valence-corrected chi connectivity index (χ2v) is 4.16. The number of hydrogen-bond acceptors (Lipinski definition) is 4. The van der Waals surface area contributed by atoms with E-state index in [2.05, 4.69) is 0 Å². The van der Waals surface area contributed by atoms with E-state index in [-0.39, 0.29) is 12.4 Å². The lowest BCUT2D eigenvalue weighted by molar-refractivity contribution is -0.388. The van der Waals surface area contributed by atoms with Crippen LogP contribution in [0.25, 0.3) is 0 Å². The molecular weight excluding hydrogens is 241 g/mol. The Kier molecular flexibility index (Phi) is 5.51. The molecule has 0 amide bonds. The van der Waals surface area contributed by atoms with Gasteiger partial charge in [0.15, 0.2) is 5.75 Å². The summed E-state index contributed by atoms with van der Waals surface area (Å²) in [5, 5.41) is 10.7. The Morgan fingerprint density at radius 3 is 2.72 bits per heavy atom. The lowest BCUT2D eigenvalue weighted by atomic mass is 10.2. The third-order valence-electron chi connectivity index (χ3n) is 2.07. The van der Waals surface area contributed by atoms with Gasteiger partial charge in [-0.1, -0.05) is 19.9 Å². The molecule has 0 radical (unpaired) electrons. The molecule has 100 valence electrons. The minimum Gasteiger partial charge on any atom is -0.484 e. The topological polar surface area (TPSA) is 61.6 Å². The third-order valence-corrected chi connectivity index (χ3v) is 2.07. The number of nitro groups is 1. The van der Waals surface area contributed by atoms with Gasteiger partial charge in [0, 0.05) is 6.61 Å². The summed E-state index contributed by atoms with van der Waals surface area (Å²) in [6, 6.07) is 3.76. The molecule has 1 aromatic rings. The van der Waals surface area contributed by atoms with Gasteiger partial charge in [0.25, 0.3) is 0 Å². The molecule has 0 saturated heterocycles. The van der Waals surface area contributed by atoms with Crippen LogP contribution < -0.4 is 4.74 Å². The zero-order chi connectivity index (χ0) is 13.5. The third kappa shape index (κ3) is 4.29. The van der Waals surface area contributed by atoms with Gasteiger partial charge in [0.05, 0.1) is 11.5 Å². The van der Waals surface area contributed by atoms with Gasteiger partial charge < -0.3 is 9.47 Å². The number of benzene rings is 1. The maximum Gasteiger partial charge on any atom is 0.346 e. The van der Waals surface area contributed by atoms with Crippen molar-refractivity contribution in [1.29, 1.82) is 0 Å². The molecule has 0 bridgehead atoms. The van der Waals surface area contributed by atoms with Gasteiger partial charge in [-0.05, 0) is 18.1 Å². The molecular formula is C12H16FNO4. The van der Waals surface area contributed by atoms with E-state index in [0.717, 1.165) is 6.07 Å². The van der Waals surface area contributed by atoms with E-state index >= 15 is 0 Å². The molecule has 1 rings (SSSR count). The Morgan fingerprint density at radius 1 is 1.39 bits per heavy atom. The maximum absolute atomic E-state index is 13.2. The van der Waals surface area contributed by atoms with E-state index in [9.17, 15) is 14.5 Å². The van der Waals surface area contributed by atoms with Crippen molar-refractivity contribution < 1.29 is 18.8 Å². The molecule has 0 fully saturated rings. The summed E-state index contributed by atoms with van der Waals surface area (Å²) in [6.45, 7) is 5.08. The fourth-order valence-corrected chi connectivity index (χ4v) is 1.32. The summed E-state index contributed by atoms with van der Waals surface area (Å²) < 4.78 is 23.6. The van der Waals surface area contributed by atoms with Crippen LogP contribution in [0.15, 0.2) is 18.2 Å². The molecule has 6 heteroatoms. The van der Waals surface area contributed by atoms with Crippen molar-refractivity contribution in [3.05, 3.63) is 34.1 Å². The summed E-state index contributed by atoms with van der Waals surface area (Å²) in [7, 11) is 0. The van der Waals surface area contributed by atoms with Crippen LogP contribution in [0.2, 0.25) is 0 Å². The summed E-state index contributed by atoms with van der Waals surface area (Å²) in [4.78, 5) is 9.88. The van der Waals surface area contributed by atoms with Crippen LogP contribution in [0.4, 0.5) is 10.1 Å². The fraction of sp³-hybridized carbons (Fsp3) is 0.500. The Morgan fingerprint density at radius 2 is 2.11 bits per heavy atom. The van der Waals surface area contributed by atoms with Crippen LogP contribution in [-0.2, 0) is 4.74 Å². The second-order valence-electron chi connectivity index (χ2n) is 4.16. The monoisotopic (exact) mass is 257 g/mol. The first-order valence-electron chi connectivity index (χ1n) is 5.65. The van der Waals surface area contributed by atoms with Gasteiger partial charge in [-0.15, -0.1) is 0 Å². The number of para-hydroxylation sites is 1. The number of nitrogens with zero attached hydrogens (tertiary/aromatic N) is 1. The summed E-state index contributed by atoms with van der Waals surface area (Å²) in [5.74, 6) is -0.567. The molecule has 0 aliphatic rings. The highest BCUT2D eigenvalue weighted by molar-refractivity contribution is 5.47. The van der Waals surface area contributed by atoms with Crippen LogP contribution in [0.1, 0.15) is 13.8 Å². The van der Waals surface area contributed by atoms with Crippen molar-refractivity contribution in [2.24, 2.45) is 5.92 Å². The average Bonchev–Trinajstić information content (AvgIpc) is 2.27. The van der Waals surface area contributed by atoms with Gasteiger partial charge in [0.2, 0.25) is 5.82 Å². The first kappa shape index (κ1) is 14.4. The van der Waals surface area contributed by atoms with Crippen LogP contribution in [-0.4, -0.2) is 24.7 Å². The zero-order valence-corrected chi connectivity index (χ0v) is 10.4. The molecule has 0 aliphatic heterocycles. The predicted octanol–water partition coefficient (Wildman–Crippen LogP) is 2.79. The van der Waals surface area contributed by atoms with Crippen LogP contribution in [0.5, 0.6) is 5.75 Å². The van der Waals surface area contributed by atoms with Crippen molar-refractivity contribution in [2.45, 2.75) is 13.8 Å². The van der Waals surface area contributed by atoms with Gasteiger partial charge >= 0.3 is 5.69 Å². The van der Waals surface area contributed by atoms with Gasteiger partial charge in [0.1, 0.15) is 6.61 Å². The summed E-state index contributed by atoms with van der Waals surface area (Å²) in [5.41, 5.74) is -0.638. The highest BCUT2D eigenvalue weighted by atomic mass is 19.1. The Balaban J connectivity index is 2.52. The molecule has 0 aliphatic carbocycles. The lowest BCUT2D eigenvalue weighted by Gasteiger charge is -2.09. The van der Waals surface area contributed by atoms with E-state index in [0.29, 0.717) is 19.1 Å². The lowest BCUT2D eigenvalue weighted by Crippen LogP contribution is -2.11. The molecule has 0 aromatic heterocycles. The number of hydrogen-bond donors (Lipinski definition) is 0. The maximum atomic E-state index is 13.2. The molecule has 0 heterocycles. The molecule has 18 heavy (non-hydrogen) atoms. The molecule has 0 saturated carbocycles. The SMILES string of the molecule is CC(C)COCCOc1cccc(F)c1[N+](=O)[O-]. The van der Waals surface area contributed by atoms with E-state index in [1.165, 1.54) is 12.1 Å². The van der Waals surface area contributed by atoms with Crippen LogP contribution >= 0.6 is 0 Å². The molecule has 5 nitrogen and oxygen atoms in total. The molecule has 1 aromatic carbocycles. The molecule has 0 spiro atoms. The Labute approximate surface area is 105 Å². The number of rotatable bonds is 7. The molecule has 0 unspecified atom stereocenters. The van der Waals surface area contributed by atoms with Crippen molar-refractivity contribution in [2.75, 3.05) is 19.8 Å². The minimum atomic E-state index is -0.902. The van der Waals surface area contributed by atoms with E-state index < -0.39 is 16.4 Å². The van der Waals surface area contributed by atoms with E-state index in [1.807, 2.05) is 13.8 Å². The van der Waals surface area contributed by atoms with Crippen LogP contribution in [0, 0.1) is 21.8 Å². The van der Waals surface area contributed by atoms with E-state index in [4.69, 9.17) is 9.47 Å². The largest absolute Gasteiger partial charge is 0.484 e. The highest BCUT2D eigenvalue weighted by Crippen LogP contribution is 2.29.